The number of aryl methyl sites for hydroxylation is 2. The molecule has 1 fully saturated rings. The number of amides is 1. The molecule has 156 valence electrons. The van der Waals surface area contributed by atoms with Crippen LogP contribution in [0, 0.1) is 13.8 Å². The fraction of sp³-hybridized carbons (Fsp3) is 0.333. The highest BCUT2D eigenvalue weighted by Crippen LogP contribution is 2.19. The molecule has 0 unspecified atom stereocenters. The molecular weight excluding hydrogens is 392 g/mol. The van der Waals surface area contributed by atoms with Crippen molar-refractivity contribution >= 4 is 28.6 Å². The lowest BCUT2D eigenvalue weighted by Crippen LogP contribution is -2.46. The van der Waals surface area contributed by atoms with Crippen LogP contribution in [0.2, 0.25) is 0 Å². The molecule has 1 aliphatic heterocycles. The number of hydrogen-bond acceptors (Lipinski definition) is 5. The largest absolute Gasteiger partial charge is 0.369 e. The summed E-state index contributed by atoms with van der Waals surface area (Å²) in [5.74, 6) is -0.0217. The Morgan fingerprint density at radius 2 is 1.80 bits per heavy atom. The first-order valence-corrected chi connectivity index (χ1v) is 11.3. The van der Waals surface area contributed by atoms with Crippen LogP contribution in [0.5, 0.6) is 0 Å². The van der Waals surface area contributed by atoms with E-state index in [1.807, 2.05) is 31.2 Å². The van der Waals surface area contributed by atoms with E-state index in [2.05, 4.69) is 51.7 Å². The van der Waals surface area contributed by atoms with Crippen molar-refractivity contribution in [3.63, 3.8) is 0 Å². The molecule has 3 aromatic rings. The fourth-order valence-corrected chi connectivity index (χ4v) is 4.48. The van der Waals surface area contributed by atoms with Crippen LogP contribution in [0.1, 0.15) is 21.8 Å². The zero-order chi connectivity index (χ0) is 20.9. The van der Waals surface area contributed by atoms with E-state index >= 15 is 0 Å². The summed E-state index contributed by atoms with van der Waals surface area (Å²) in [5, 5.41) is 5.90. The van der Waals surface area contributed by atoms with Gasteiger partial charge >= 0.3 is 0 Å². The maximum absolute atomic E-state index is 12.3. The average Bonchev–Trinajstić information content (AvgIpc) is 3.17. The van der Waals surface area contributed by atoms with Gasteiger partial charge in [-0.3, -0.25) is 9.69 Å². The molecule has 5 nitrogen and oxygen atoms in total. The Morgan fingerprint density at radius 1 is 1.03 bits per heavy atom. The van der Waals surface area contributed by atoms with E-state index in [1.54, 1.807) is 11.3 Å². The van der Waals surface area contributed by atoms with Gasteiger partial charge in [0.1, 0.15) is 5.01 Å². The van der Waals surface area contributed by atoms with E-state index < -0.39 is 0 Å². The van der Waals surface area contributed by atoms with E-state index in [4.69, 9.17) is 4.98 Å². The van der Waals surface area contributed by atoms with Gasteiger partial charge < -0.3 is 10.2 Å². The molecule has 1 aliphatic rings. The number of carbonyl (C=O) groups is 1. The van der Waals surface area contributed by atoms with Crippen LogP contribution >= 0.6 is 11.3 Å². The van der Waals surface area contributed by atoms with E-state index in [0.717, 1.165) is 49.1 Å². The number of hydrogen-bond donors (Lipinski definition) is 1. The molecule has 2 heterocycles. The molecule has 0 bridgehead atoms. The van der Waals surface area contributed by atoms with Crippen LogP contribution < -0.4 is 10.2 Å². The van der Waals surface area contributed by atoms with E-state index in [-0.39, 0.29) is 5.91 Å². The molecule has 1 N–H and O–H groups in total. The average molecular weight is 421 g/mol. The van der Waals surface area contributed by atoms with Crippen LogP contribution in [0.4, 0.5) is 11.4 Å². The molecule has 0 spiro atoms. The van der Waals surface area contributed by atoms with Crippen molar-refractivity contribution in [2.45, 2.75) is 26.8 Å². The zero-order valence-corrected chi connectivity index (χ0v) is 18.4. The summed E-state index contributed by atoms with van der Waals surface area (Å²) in [5.41, 5.74) is 5.68. The van der Waals surface area contributed by atoms with Crippen molar-refractivity contribution in [2.24, 2.45) is 0 Å². The molecule has 1 amide bonds. The minimum absolute atomic E-state index is 0.0217. The van der Waals surface area contributed by atoms with Crippen LogP contribution in [-0.4, -0.2) is 42.0 Å². The number of anilines is 2. The summed E-state index contributed by atoms with van der Waals surface area (Å²) in [6, 6.07) is 16.6. The highest BCUT2D eigenvalue weighted by Gasteiger charge is 2.18. The summed E-state index contributed by atoms with van der Waals surface area (Å²) in [7, 11) is 0. The third-order valence-electron chi connectivity index (χ3n) is 5.37. The first-order valence-electron chi connectivity index (χ1n) is 10.4. The molecule has 30 heavy (non-hydrogen) atoms. The quantitative estimate of drug-likeness (QED) is 0.647. The van der Waals surface area contributed by atoms with Gasteiger partial charge in [0.15, 0.2) is 0 Å². The lowest BCUT2D eigenvalue weighted by molar-refractivity contribution is -0.115. The van der Waals surface area contributed by atoms with Crippen LogP contribution in [0.3, 0.4) is 0 Å². The summed E-state index contributed by atoms with van der Waals surface area (Å²) < 4.78 is 0. The number of aromatic nitrogens is 1. The van der Waals surface area contributed by atoms with E-state index in [1.165, 1.54) is 16.8 Å². The summed E-state index contributed by atoms with van der Waals surface area (Å²) in [6.45, 7) is 9.12. The second kappa shape index (κ2) is 9.41. The predicted molar refractivity (Wildman–Crippen MR) is 124 cm³/mol. The lowest BCUT2D eigenvalue weighted by Gasteiger charge is -2.35. The summed E-state index contributed by atoms with van der Waals surface area (Å²) in [6.07, 6.45) is 0.319. The molecule has 0 atom stereocenters. The highest BCUT2D eigenvalue weighted by molar-refractivity contribution is 7.09. The number of benzene rings is 2. The third kappa shape index (κ3) is 5.46. The molecule has 0 radical (unpaired) electrons. The summed E-state index contributed by atoms with van der Waals surface area (Å²) in [4.78, 5) is 21.9. The molecule has 0 aliphatic carbocycles. The SMILES string of the molecule is Cc1ccc(NC(=O)Cc2nc(CN3CCN(c4cccc(C)c4)CC3)cs2)cc1. The van der Waals surface area contributed by atoms with Crippen LogP contribution in [0.15, 0.2) is 53.9 Å². The number of thiazole rings is 1. The number of carbonyl (C=O) groups excluding carboxylic acids is 1. The topological polar surface area (TPSA) is 48.5 Å². The highest BCUT2D eigenvalue weighted by atomic mass is 32.1. The second-order valence-corrected chi connectivity index (χ2v) is 8.87. The third-order valence-corrected chi connectivity index (χ3v) is 6.27. The van der Waals surface area contributed by atoms with Gasteiger partial charge in [0.05, 0.1) is 12.1 Å². The van der Waals surface area contributed by atoms with Crippen LogP contribution in [-0.2, 0) is 17.8 Å². The van der Waals surface area contributed by atoms with Gasteiger partial charge in [-0.25, -0.2) is 4.98 Å². The van der Waals surface area contributed by atoms with Gasteiger partial charge in [-0.1, -0.05) is 29.8 Å². The van der Waals surface area contributed by atoms with Crippen molar-refractivity contribution < 1.29 is 4.79 Å². The zero-order valence-electron chi connectivity index (χ0n) is 17.6. The smallest absolute Gasteiger partial charge is 0.231 e. The first-order chi connectivity index (χ1) is 14.5. The molecular formula is C24H28N4OS. The normalized spacial score (nSPS) is 14.7. The predicted octanol–water partition coefficient (Wildman–Crippen LogP) is 4.26. The Hall–Kier alpha value is -2.70. The van der Waals surface area contributed by atoms with E-state index in [9.17, 15) is 4.79 Å². The molecule has 6 heteroatoms. The monoisotopic (exact) mass is 420 g/mol. The molecule has 1 saturated heterocycles. The van der Waals surface area contributed by atoms with Gasteiger partial charge in [0.25, 0.3) is 0 Å². The molecule has 0 saturated carbocycles. The van der Waals surface area contributed by atoms with Crippen molar-refractivity contribution in [3.8, 4) is 0 Å². The molecule has 2 aromatic carbocycles. The fourth-order valence-electron chi connectivity index (χ4n) is 3.70. The lowest BCUT2D eigenvalue weighted by atomic mass is 10.2. The number of nitrogens with zero attached hydrogens (tertiary/aromatic N) is 3. The standard InChI is InChI=1S/C24H28N4OS/c1-18-6-8-20(9-7-18)25-23(29)15-24-26-21(17-30-24)16-27-10-12-28(13-11-27)22-5-3-4-19(2)14-22/h3-9,14,17H,10-13,15-16H2,1-2H3,(H,25,29). The Kier molecular flexibility index (Phi) is 6.45. The molecule has 4 rings (SSSR count). The van der Waals surface area contributed by atoms with Crippen LogP contribution in [0.25, 0.3) is 0 Å². The second-order valence-electron chi connectivity index (χ2n) is 7.93. The van der Waals surface area contributed by atoms with Gasteiger partial charge in [-0.15, -0.1) is 11.3 Å². The number of piperazine rings is 1. The van der Waals surface area contributed by atoms with Gasteiger partial charge in [0.2, 0.25) is 5.91 Å². The number of rotatable bonds is 6. The van der Waals surface area contributed by atoms with Gasteiger partial charge in [0, 0.05) is 49.5 Å². The molecule has 1 aromatic heterocycles. The van der Waals surface area contributed by atoms with Gasteiger partial charge in [-0.05, 0) is 43.7 Å². The van der Waals surface area contributed by atoms with Crippen molar-refractivity contribution in [1.29, 1.82) is 0 Å². The summed E-state index contributed by atoms with van der Waals surface area (Å²) >= 11 is 1.57. The minimum Gasteiger partial charge on any atom is -0.369 e. The first kappa shape index (κ1) is 20.6. The Balaban J connectivity index is 1.25. The van der Waals surface area contributed by atoms with Crippen molar-refractivity contribution in [1.82, 2.24) is 9.88 Å². The number of nitrogens with one attached hydrogen (secondary N) is 1. The Labute approximate surface area is 182 Å². The van der Waals surface area contributed by atoms with E-state index in [0.29, 0.717) is 6.42 Å². The minimum atomic E-state index is -0.0217. The van der Waals surface area contributed by atoms with Crippen molar-refractivity contribution in [2.75, 3.05) is 36.4 Å². The Morgan fingerprint density at radius 3 is 2.53 bits per heavy atom. The maximum atomic E-state index is 12.3. The Bertz CT molecular complexity index is 990. The van der Waals surface area contributed by atoms with Gasteiger partial charge in [-0.2, -0.15) is 0 Å². The maximum Gasteiger partial charge on any atom is 0.231 e. The van der Waals surface area contributed by atoms with Crippen molar-refractivity contribution in [3.05, 3.63) is 75.7 Å².